The summed E-state index contributed by atoms with van der Waals surface area (Å²) in [7, 11) is 0. The first-order valence-electron chi connectivity index (χ1n) is 9.53. The minimum atomic E-state index is -0.505. The van der Waals surface area contributed by atoms with Gasteiger partial charge in [-0.15, -0.1) is 11.3 Å². The summed E-state index contributed by atoms with van der Waals surface area (Å²) in [5.41, 5.74) is 1.91. The number of thiophene rings is 1. The number of hydrogen-bond donors (Lipinski definition) is 2. The summed E-state index contributed by atoms with van der Waals surface area (Å²) in [6.45, 7) is 5.90. The Morgan fingerprint density at radius 1 is 1.31 bits per heavy atom. The zero-order valence-electron chi connectivity index (χ0n) is 16.1. The van der Waals surface area contributed by atoms with E-state index in [1.807, 2.05) is 42.6 Å². The summed E-state index contributed by atoms with van der Waals surface area (Å²) in [5, 5.41) is 12.2. The summed E-state index contributed by atoms with van der Waals surface area (Å²) >= 11 is 6.95. The highest BCUT2D eigenvalue weighted by molar-refractivity contribution is 7.71. The number of aromatic nitrogens is 3. The third-order valence-corrected chi connectivity index (χ3v) is 6.14. The number of rotatable bonds is 6. The minimum absolute atomic E-state index is 0.130. The molecule has 0 spiro atoms. The molecule has 2 N–H and O–H groups in total. The van der Waals surface area contributed by atoms with E-state index < -0.39 is 6.04 Å². The maximum atomic E-state index is 13.1. The number of ether oxygens (including phenoxy) is 1. The number of nitrogens with one attached hydrogen (secondary N) is 2. The second kappa shape index (κ2) is 9.00. The standard InChI is InChI=1S/C20H23N5O2S2/c1-14(25-18(22-23-20(25)28)17-7-4-12-29-17)19(26)21-16-6-3-2-5-15(16)13-24-8-10-27-11-9-24/h2-7,12,14H,8-11,13H2,1H3,(H,21,26)(H,23,28). The molecular formula is C20H23N5O2S2. The van der Waals surface area contributed by atoms with E-state index in [4.69, 9.17) is 17.0 Å². The third kappa shape index (κ3) is 4.48. The SMILES string of the molecule is CC(C(=O)Nc1ccccc1CN1CCOCC1)n1c(-c2cccs2)n[nH]c1=S. The molecule has 9 heteroatoms. The Balaban J connectivity index is 1.53. The Labute approximate surface area is 178 Å². The first-order chi connectivity index (χ1) is 14.1. The van der Waals surface area contributed by atoms with E-state index in [0.717, 1.165) is 49.0 Å². The molecule has 1 unspecified atom stereocenters. The van der Waals surface area contributed by atoms with Crippen LogP contribution in [0.2, 0.25) is 0 Å². The van der Waals surface area contributed by atoms with Crippen molar-refractivity contribution in [1.82, 2.24) is 19.7 Å². The fourth-order valence-corrected chi connectivity index (χ4v) is 4.38. The minimum Gasteiger partial charge on any atom is -0.379 e. The van der Waals surface area contributed by atoms with Gasteiger partial charge in [0.15, 0.2) is 10.6 Å². The highest BCUT2D eigenvalue weighted by Crippen LogP contribution is 2.26. The van der Waals surface area contributed by atoms with Gasteiger partial charge in [0.25, 0.3) is 0 Å². The van der Waals surface area contributed by atoms with Crippen molar-refractivity contribution in [1.29, 1.82) is 0 Å². The Morgan fingerprint density at radius 2 is 2.10 bits per heavy atom. The van der Waals surface area contributed by atoms with Crippen molar-refractivity contribution in [2.24, 2.45) is 0 Å². The van der Waals surface area contributed by atoms with Crippen molar-refractivity contribution in [2.45, 2.75) is 19.5 Å². The topological polar surface area (TPSA) is 75.2 Å². The van der Waals surface area contributed by atoms with Gasteiger partial charge in [-0.05, 0) is 42.2 Å². The van der Waals surface area contributed by atoms with E-state index in [2.05, 4.69) is 26.5 Å². The van der Waals surface area contributed by atoms with E-state index in [-0.39, 0.29) is 5.91 Å². The molecule has 3 heterocycles. The molecule has 0 bridgehead atoms. The molecule has 0 saturated carbocycles. The van der Waals surface area contributed by atoms with Crippen molar-refractivity contribution in [3.8, 4) is 10.7 Å². The number of morpholine rings is 1. The number of benzene rings is 1. The second-order valence-corrected chi connectivity index (χ2v) is 8.24. The van der Waals surface area contributed by atoms with Crippen LogP contribution >= 0.6 is 23.6 Å². The molecule has 4 rings (SSSR count). The molecule has 1 aromatic carbocycles. The molecule has 1 amide bonds. The van der Waals surface area contributed by atoms with Crippen LogP contribution in [0.25, 0.3) is 10.7 Å². The van der Waals surface area contributed by atoms with Crippen LogP contribution in [0, 0.1) is 4.77 Å². The second-order valence-electron chi connectivity index (χ2n) is 6.91. The van der Waals surface area contributed by atoms with Gasteiger partial charge in [0, 0.05) is 25.3 Å². The summed E-state index contributed by atoms with van der Waals surface area (Å²) in [5.74, 6) is 0.545. The number of para-hydroxylation sites is 1. The molecule has 1 aliphatic rings. The predicted molar refractivity (Wildman–Crippen MR) is 117 cm³/mol. The molecule has 152 valence electrons. The fourth-order valence-electron chi connectivity index (χ4n) is 3.38. The first-order valence-corrected chi connectivity index (χ1v) is 10.8. The maximum Gasteiger partial charge on any atom is 0.247 e. The van der Waals surface area contributed by atoms with Crippen LogP contribution in [-0.4, -0.2) is 51.9 Å². The fraction of sp³-hybridized carbons (Fsp3) is 0.350. The number of H-pyrrole nitrogens is 1. The maximum absolute atomic E-state index is 13.1. The average Bonchev–Trinajstić information content (AvgIpc) is 3.39. The lowest BCUT2D eigenvalue weighted by Gasteiger charge is -2.27. The Morgan fingerprint density at radius 3 is 2.86 bits per heavy atom. The number of hydrogen-bond acceptors (Lipinski definition) is 6. The third-order valence-electron chi connectivity index (χ3n) is 4.99. The van der Waals surface area contributed by atoms with Crippen LogP contribution in [0.3, 0.4) is 0 Å². The number of nitrogens with zero attached hydrogens (tertiary/aromatic N) is 3. The van der Waals surface area contributed by atoms with Crippen LogP contribution in [0.5, 0.6) is 0 Å². The lowest BCUT2D eigenvalue weighted by molar-refractivity contribution is -0.118. The van der Waals surface area contributed by atoms with E-state index in [9.17, 15) is 4.79 Å². The number of anilines is 1. The lowest BCUT2D eigenvalue weighted by atomic mass is 10.1. The molecule has 1 fully saturated rings. The first kappa shape index (κ1) is 20.0. The molecule has 2 aromatic heterocycles. The quantitative estimate of drug-likeness (QED) is 0.585. The molecule has 0 radical (unpaired) electrons. The van der Waals surface area contributed by atoms with Crippen molar-refractivity contribution in [2.75, 3.05) is 31.6 Å². The van der Waals surface area contributed by atoms with Crippen LogP contribution in [-0.2, 0) is 16.1 Å². The van der Waals surface area contributed by atoms with Gasteiger partial charge in [-0.1, -0.05) is 24.3 Å². The van der Waals surface area contributed by atoms with Crippen LogP contribution in [0.15, 0.2) is 41.8 Å². The average molecular weight is 430 g/mol. The molecule has 1 aliphatic heterocycles. The monoisotopic (exact) mass is 429 g/mol. The van der Waals surface area contributed by atoms with Crippen molar-refractivity contribution >= 4 is 35.1 Å². The van der Waals surface area contributed by atoms with Gasteiger partial charge in [0.1, 0.15) is 6.04 Å². The lowest BCUT2D eigenvalue weighted by Crippen LogP contribution is -2.36. The highest BCUT2D eigenvalue weighted by atomic mass is 32.1. The molecule has 7 nitrogen and oxygen atoms in total. The van der Waals surface area contributed by atoms with Crippen LogP contribution in [0.1, 0.15) is 18.5 Å². The van der Waals surface area contributed by atoms with E-state index in [1.165, 1.54) is 0 Å². The van der Waals surface area contributed by atoms with Crippen molar-refractivity contribution in [3.05, 3.63) is 52.1 Å². The molecule has 1 saturated heterocycles. The molecule has 3 aromatic rings. The molecular weight excluding hydrogens is 406 g/mol. The summed E-state index contributed by atoms with van der Waals surface area (Å²) in [6, 6.07) is 11.3. The van der Waals surface area contributed by atoms with Gasteiger partial charge in [-0.2, -0.15) is 5.10 Å². The number of carbonyl (C=O) groups is 1. The molecule has 0 aliphatic carbocycles. The van der Waals surface area contributed by atoms with E-state index in [1.54, 1.807) is 15.9 Å². The van der Waals surface area contributed by atoms with Crippen LogP contribution < -0.4 is 5.32 Å². The number of aromatic amines is 1. The summed E-state index contributed by atoms with van der Waals surface area (Å²) in [4.78, 5) is 16.4. The molecule has 29 heavy (non-hydrogen) atoms. The number of amides is 1. The van der Waals surface area contributed by atoms with Gasteiger partial charge >= 0.3 is 0 Å². The highest BCUT2D eigenvalue weighted by Gasteiger charge is 2.22. The van der Waals surface area contributed by atoms with Gasteiger partial charge < -0.3 is 10.1 Å². The van der Waals surface area contributed by atoms with E-state index in [0.29, 0.717) is 10.6 Å². The normalized spacial score (nSPS) is 15.9. The van der Waals surface area contributed by atoms with Gasteiger partial charge in [-0.3, -0.25) is 19.4 Å². The Bertz CT molecular complexity index is 1020. The van der Waals surface area contributed by atoms with Gasteiger partial charge in [0.05, 0.1) is 18.1 Å². The largest absolute Gasteiger partial charge is 0.379 e. The summed E-state index contributed by atoms with van der Waals surface area (Å²) < 4.78 is 7.62. The Kier molecular flexibility index (Phi) is 6.19. The smallest absolute Gasteiger partial charge is 0.247 e. The van der Waals surface area contributed by atoms with Crippen molar-refractivity contribution in [3.63, 3.8) is 0 Å². The molecule has 1 atom stereocenters. The van der Waals surface area contributed by atoms with Gasteiger partial charge in [-0.25, -0.2) is 0 Å². The van der Waals surface area contributed by atoms with Crippen LogP contribution in [0.4, 0.5) is 5.69 Å². The van der Waals surface area contributed by atoms with Gasteiger partial charge in [0.2, 0.25) is 5.91 Å². The zero-order chi connectivity index (χ0) is 20.2. The van der Waals surface area contributed by atoms with E-state index >= 15 is 0 Å². The summed E-state index contributed by atoms with van der Waals surface area (Å²) in [6.07, 6.45) is 0. The Hall–Kier alpha value is -2.33. The zero-order valence-corrected chi connectivity index (χ0v) is 17.8. The predicted octanol–water partition coefficient (Wildman–Crippen LogP) is 3.70. The number of carbonyl (C=O) groups excluding carboxylic acids is 1. The van der Waals surface area contributed by atoms with Crippen molar-refractivity contribution < 1.29 is 9.53 Å².